The van der Waals surface area contributed by atoms with Gasteiger partial charge in [-0.3, -0.25) is 19.9 Å². The van der Waals surface area contributed by atoms with E-state index in [1.807, 2.05) is 0 Å². The van der Waals surface area contributed by atoms with Gasteiger partial charge in [0.15, 0.2) is 0 Å². The van der Waals surface area contributed by atoms with Gasteiger partial charge in [-0.2, -0.15) is 0 Å². The van der Waals surface area contributed by atoms with Crippen molar-refractivity contribution in [1.29, 1.82) is 5.41 Å². The van der Waals surface area contributed by atoms with E-state index in [9.17, 15) is 14.0 Å². The standard InChI is InChI=1S/C21H16ClFN4O3S.CH4/c22-18-8-7-17(31-18)20(29)26-16-11-12(23)1-6-15(16)19(28)25-13-2-4-14(5-3-13)27-9-10-30-21(27)24;/h1-8,11,24H,9-10H2,(H,25,28)(H,26,29);1H4. The van der Waals surface area contributed by atoms with Crippen molar-refractivity contribution in [2.75, 3.05) is 28.7 Å². The zero-order valence-electron chi connectivity index (χ0n) is 15.9. The van der Waals surface area contributed by atoms with Gasteiger partial charge in [-0.25, -0.2) is 4.39 Å². The summed E-state index contributed by atoms with van der Waals surface area (Å²) in [5.74, 6) is -1.59. The number of rotatable bonds is 5. The van der Waals surface area contributed by atoms with Crippen LogP contribution in [0.2, 0.25) is 4.34 Å². The van der Waals surface area contributed by atoms with Gasteiger partial charge in [-0.1, -0.05) is 19.0 Å². The number of thiophene rings is 1. The Morgan fingerprint density at radius 1 is 1.06 bits per heavy atom. The van der Waals surface area contributed by atoms with Crippen LogP contribution < -0.4 is 15.5 Å². The van der Waals surface area contributed by atoms with Gasteiger partial charge in [0, 0.05) is 11.4 Å². The highest BCUT2D eigenvalue weighted by Gasteiger charge is 2.20. The fourth-order valence-electron chi connectivity index (χ4n) is 3.02. The smallest absolute Gasteiger partial charge is 0.289 e. The summed E-state index contributed by atoms with van der Waals surface area (Å²) in [5, 5.41) is 13.0. The summed E-state index contributed by atoms with van der Waals surface area (Å²) >= 11 is 6.94. The molecule has 1 fully saturated rings. The van der Waals surface area contributed by atoms with Crippen molar-refractivity contribution in [2.24, 2.45) is 0 Å². The zero-order valence-corrected chi connectivity index (χ0v) is 17.5. The Hall–Kier alpha value is -3.43. The molecule has 7 nitrogen and oxygen atoms in total. The van der Waals surface area contributed by atoms with Crippen LogP contribution >= 0.6 is 22.9 Å². The Balaban J connectivity index is 0.00000289. The Morgan fingerprint density at radius 2 is 1.81 bits per heavy atom. The van der Waals surface area contributed by atoms with Crippen LogP contribution in [0.3, 0.4) is 0 Å². The van der Waals surface area contributed by atoms with Crippen LogP contribution in [0.4, 0.5) is 21.5 Å². The van der Waals surface area contributed by atoms with E-state index in [-0.39, 0.29) is 24.7 Å². The second-order valence-electron chi connectivity index (χ2n) is 6.55. The third-order valence-electron chi connectivity index (χ3n) is 4.51. The molecule has 1 aliphatic rings. The number of carbonyl (C=O) groups is 2. The van der Waals surface area contributed by atoms with Crippen LogP contribution in [0.1, 0.15) is 27.5 Å². The molecule has 0 spiro atoms. The molecule has 4 rings (SSSR count). The van der Waals surface area contributed by atoms with E-state index in [0.717, 1.165) is 29.2 Å². The monoisotopic (exact) mass is 474 g/mol. The molecule has 2 heterocycles. The molecule has 0 aliphatic carbocycles. The van der Waals surface area contributed by atoms with E-state index in [1.54, 1.807) is 41.3 Å². The first-order valence-electron chi connectivity index (χ1n) is 9.17. The average Bonchev–Trinajstić information content (AvgIpc) is 3.37. The third kappa shape index (κ3) is 5.06. The van der Waals surface area contributed by atoms with Crippen molar-refractivity contribution in [3.63, 3.8) is 0 Å². The maximum absolute atomic E-state index is 13.8. The number of amidine groups is 1. The number of ether oxygens (including phenoxy) is 1. The lowest BCUT2D eigenvalue weighted by Gasteiger charge is -2.15. The first-order chi connectivity index (χ1) is 14.9. The van der Waals surface area contributed by atoms with Crippen molar-refractivity contribution in [3.8, 4) is 0 Å². The fraction of sp³-hybridized carbons (Fsp3) is 0.136. The Labute approximate surface area is 193 Å². The minimum atomic E-state index is -0.587. The van der Waals surface area contributed by atoms with Gasteiger partial charge in [0.1, 0.15) is 12.4 Å². The maximum atomic E-state index is 13.8. The molecule has 1 aliphatic heterocycles. The highest BCUT2D eigenvalue weighted by molar-refractivity contribution is 7.18. The lowest BCUT2D eigenvalue weighted by molar-refractivity contribution is 0.102. The number of benzene rings is 2. The van der Waals surface area contributed by atoms with E-state index in [2.05, 4.69) is 10.6 Å². The van der Waals surface area contributed by atoms with Gasteiger partial charge in [0.05, 0.1) is 27.0 Å². The molecule has 3 aromatic rings. The van der Waals surface area contributed by atoms with Crippen molar-refractivity contribution in [1.82, 2.24) is 0 Å². The maximum Gasteiger partial charge on any atom is 0.289 e. The van der Waals surface area contributed by atoms with Gasteiger partial charge in [-0.15, -0.1) is 11.3 Å². The second kappa shape index (κ2) is 9.80. The summed E-state index contributed by atoms with van der Waals surface area (Å²) in [4.78, 5) is 27.3. The van der Waals surface area contributed by atoms with E-state index < -0.39 is 17.6 Å². The molecule has 166 valence electrons. The van der Waals surface area contributed by atoms with E-state index in [1.165, 1.54) is 6.07 Å². The van der Waals surface area contributed by atoms with Crippen molar-refractivity contribution in [3.05, 3.63) is 75.2 Å². The molecule has 0 radical (unpaired) electrons. The highest BCUT2D eigenvalue weighted by atomic mass is 35.5. The minimum absolute atomic E-state index is 0. The Bertz CT molecular complexity index is 1170. The quantitative estimate of drug-likeness (QED) is 0.458. The minimum Gasteiger partial charge on any atom is -0.463 e. The Morgan fingerprint density at radius 3 is 2.44 bits per heavy atom. The van der Waals surface area contributed by atoms with Crippen molar-refractivity contribution >= 4 is 57.8 Å². The van der Waals surface area contributed by atoms with E-state index in [0.29, 0.717) is 28.1 Å². The van der Waals surface area contributed by atoms with Crippen LogP contribution in [0, 0.1) is 11.2 Å². The molecule has 0 unspecified atom stereocenters. The molecular formula is C22H20ClFN4O3S. The first-order valence-corrected chi connectivity index (χ1v) is 10.4. The zero-order chi connectivity index (χ0) is 22.0. The van der Waals surface area contributed by atoms with Crippen LogP contribution in [0.25, 0.3) is 0 Å². The number of nitrogens with one attached hydrogen (secondary N) is 3. The molecule has 32 heavy (non-hydrogen) atoms. The van der Waals surface area contributed by atoms with Crippen molar-refractivity contribution < 1.29 is 18.7 Å². The fourth-order valence-corrected chi connectivity index (χ4v) is 3.96. The summed E-state index contributed by atoms with van der Waals surface area (Å²) in [6.07, 6.45) is 0. The van der Waals surface area contributed by atoms with Crippen molar-refractivity contribution in [2.45, 2.75) is 7.43 Å². The molecule has 3 N–H and O–H groups in total. The van der Waals surface area contributed by atoms with Crippen LogP contribution in [0.5, 0.6) is 0 Å². The second-order valence-corrected chi connectivity index (χ2v) is 8.27. The van der Waals surface area contributed by atoms with Gasteiger partial charge in [0.25, 0.3) is 17.8 Å². The van der Waals surface area contributed by atoms with Crippen LogP contribution in [-0.4, -0.2) is 31.0 Å². The normalized spacial score (nSPS) is 12.7. The summed E-state index contributed by atoms with van der Waals surface area (Å²) in [5.41, 5.74) is 1.43. The van der Waals surface area contributed by atoms with Gasteiger partial charge < -0.3 is 15.4 Å². The van der Waals surface area contributed by atoms with E-state index in [4.69, 9.17) is 21.7 Å². The van der Waals surface area contributed by atoms with E-state index >= 15 is 0 Å². The molecule has 2 aromatic carbocycles. The summed E-state index contributed by atoms with van der Waals surface area (Å²) in [6.45, 7) is 1.03. The number of amides is 2. The average molecular weight is 475 g/mol. The highest BCUT2D eigenvalue weighted by Crippen LogP contribution is 2.25. The SMILES string of the molecule is C.N=C1OCCN1c1ccc(NC(=O)c2ccc(F)cc2NC(=O)c2ccc(Cl)s2)cc1. The molecule has 2 amide bonds. The number of nitrogens with zero attached hydrogens (tertiary/aromatic N) is 1. The summed E-state index contributed by atoms with van der Waals surface area (Å²) < 4.78 is 19.4. The molecule has 1 saturated heterocycles. The molecule has 0 atom stereocenters. The third-order valence-corrected chi connectivity index (χ3v) is 5.74. The topological polar surface area (TPSA) is 94.5 Å². The number of hydrogen-bond donors (Lipinski definition) is 3. The lowest BCUT2D eigenvalue weighted by Crippen LogP contribution is -2.23. The Kier molecular flexibility index (Phi) is 7.12. The van der Waals surface area contributed by atoms with Crippen LogP contribution in [0.15, 0.2) is 54.6 Å². The predicted octanol–water partition coefficient (Wildman–Crippen LogP) is 5.45. The number of halogens is 2. The number of anilines is 3. The van der Waals surface area contributed by atoms with Gasteiger partial charge in [0.2, 0.25) is 0 Å². The molecular weight excluding hydrogens is 455 g/mol. The van der Waals surface area contributed by atoms with Gasteiger partial charge in [-0.05, 0) is 54.6 Å². The summed E-state index contributed by atoms with van der Waals surface area (Å²) in [6, 6.07) is 13.6. The van der Waals surface area contributed by atoms with Crippen LogP contribution in [-0.2, 0) is 4.74 Å². The van der Waals surface area contributed by atoms with Gasteiger partial charge >= 0.3 is 0 Å². The molecule has 1 aromatic heterocycles. The number of hydrogen-bond acceptors (Lipinski definition) is 5. The molecule has 0 saturated carbocycles. The predicted molar refractivity (Wildman–Crippen MR) is 126 cm³/mol. The molecule has 0 bridgehead atoms. The first kappa shape index (κ1) is 23.2. The summed E-state index contributed by atoms with van der Waals surface area (Å²) in [7, 11) is 0. The molecule has 10 heteroatoms. The largest absolute Gasteiger partial charge is 0.463 e. The lowest BCUT2D eigenvalue weighted by atomic mass is 10.1. The number of carbonyl (C=O) groups excluding carboxylic acids is 2.